The van der Waals surface area contributed by atoms with Crippen molar-refractivity contribution in [1.29, 1.82) is 0 Å². The third kappa shape index (κ3) is 4.25. The maximum Gasteiger partial charge on any atom is 0.335 e. The third-order valence-electron chi connectivity index (χ3n) is 7.73. The Hall–Kier alpha value is -4.10. The molecule has 3 heterocycles. The van der Waals surface area contributed by atoms with Crippen molar-refractivity contribution in [3.05, 3.63) is 95.3 Å². The number of hydrogen-bond acceptors (Lipinski definition) is 4. The number of nitrogens with one attached hydrogen (secondary N) is 1. The fourth-order valence-corrected chi connectivity index (χ4v) is 5.77. The van der Waals surface area contributed by atoms with E-state index in [0.29, 0.717) is 5.56 Å². The van der Waals surface area contributed by atoms with E-state index in [2.05, 4.69) is 52.0 Å². The molecule has 7 heteroatoms. The topological polar surface area (TPSA) is 83.4 Å². The lowest BCUT2D eigenvalue weighted by Gasteiger charge is -2.40. The van der Waals surface area contributed by atoms with Gasteiger partial charge in [0.05, 0.1) is 24.2 Å². The average molecular weight is 495 g/mol. The number of carboxylic acids is 1. The van der Waals surface area contributed by atoms with Crippen LogP contribution in [-0.2, 0) is 6.54 Å². The molecule has 6 rings (SSSR count). The summed E-state index contributed by atoms with van der Waals surface area (Å²) in [5.41, 5.74) is 5.88. The Morgan fingerprint density at radius 1 is 1.16 bits per heavy atom. The molecule has 0 spiro atoms. The molecule has 2 atom stereocenters. The smallest absolute Gasteiger partial charge is 0.335 e. The van der Waals surface area contributed by atoms with E-state index in [4.69, 9.17) is 9.84 Å². The molecular formula is C30H30N4O3. The van der Waals surface area contributed by atoms with E-state index < -0.39 is 5.97 Å². The van der Waals surface area contributed by atoms with Crippen LogP contribution in [0.15, 0.2) is 73.1 Å². The summed E-state index contributed by atoms with van der Waals surface area (Å²) in [6, 6.07) is 20.1. The first-order valence-corrected chi connectivity index (χ1v) is 12.7. The van der Waals surface area contributed by atoms with Crippen molar-refractivity contribution < 1.29 is 14.6 Å². The van der Waals surface area contributed by atoms with E-state index in [0.717, 1.165) is 59.2 Å². The fraction of sp³-hybridized carbons (Fsp3) is 0.267. The maximum atomic E-state index is 11.5. The van der Waals surface area contributed by atoms with Gasteiger partial charge in [0.2, 0.25) is 0 Å². The molecular weight excluding hydrogens is 464 g/mol. The van der Waals surface area contributed by atoms with Crippen molar-refractivity contribution in [3.8, 4) is 5.75 Å². The monoisotopic (exact) mass is 494 g/mol. The second kappa shape index (κ2) is 9.41. The number of rotatable bonds is 6. The number of H-pyrrole nitrogens is 1. The Morgan fingerprint density at radius 2 is 1.97 bits per heavy atom. The van der Waals surface area contributed by atoms with Crippen LogP contribution in [0.1, 0.15) is 52.0 Å². The van der Waals surface area contributed by atoms with E-state index >= 15 is 0 Å². The summed E-state index contributed by atoms with van der Waals surface area (Å²) < 4.78 is 7.95. The molecule has 0 aliphatic carbocycles. The van der Waals surface area contributed by atoms with Gasteiger partial charge in [0.1, 0.15) is 5.75 Å². The Bertz CT molecular complexity index is 1550. The minimum atomic E-state index is -0.910. The van der Waals surface area contributed by atoms with Crippen LogP contribution in [-0.4, -0.2) is 44.4 Å². The number of nitrogens with zero attached hydrogens (tertiary/aromatic N) is 3. The van der Waals surface area contributed by atoms with E-state index in [9.17, 15) is 9.90 Å². The number of likely N-dealkylation sites (tertiary alicyclic amines) is 1. The van der Waals surface area contributed by atoms with Gasteiger partial charge in [0.25, 0.3) is 0 Å². The summed E-state index contributed by atoms with van der Waals surface area (Å²) in [7, 11) is 1.73. The average Bonchev–Trinajstić information content (AvgIpc) is 3.58. The number of methoxy groups -OCH3 is 1. The summed E-state index contributed by atoms with van der Waals surface area (Å²) in [6.07, 6.45) is 5.98. The van der Waals surface area contributed by atoms with Crippen LogP contribution in [0, 0.1) is 6.92 Å². The highest BCUT2D eigenvalue weighted by Gasteiger charge is 2.32. The van der Waals surface area contributed by atoms with E-state index in [-0.39, 0.29) is 12.1 Å². The molecule has 1 saturated heterocycles. The summed E-state index contributed by atoms with van der Waals surface area (Å²) in [5, 5.41) is 16.6. The van der Waals surface area contributed by atoms with Crippen LogP contribution in [0.3, 0.4) is 0 Å². The summed E-state index contributed by atoms with van der Waals surface area (Å²) >= 11 is 0. The van der Waals surface area contributed by atoms with Gasteiger partial charge in [-0.15, -0.1) is 0 Å². The lowest BCUT2D eigenvalue weighted by atomic mass is 9.90. The van der Waals surface area contributed by atoms with Gasteiger partial charge in [0, 0.05) is 53.4 Å². The molecule has 0 amide bonds. The van der Waals surface area contributed by atoms with Gasteiger partial charge in [-0.05, 0) is 61.2 Å². The van der Waals surface area contributed by atoms with Gasteiger partial charge in [-0.25, -0.2) is 4.79 Å². The lowest BCUT2D eigenvalue weighted by Crippen LogP contribution is -2.37. The van der Waals surface area contributed by atoms with Gasteiger partial charge in [0.15, 0.2) is 0 Å². The van der Waals surface area contributed by atoms with Gasteiger partial charge in [-0.3, -0.25) is 9.58 Å². The number of hydrogen-bond donors (Lipinski definition) is 2. The molecule has 0 saturated carbocycles. The van der Waals surface area contributed by atoms with Gasteiger partial charge in [-0.1, -0.05) is 30.3 Å². The molecule has 0 radical (unpaired) electrons. The Labute approximate surface area is 215 Å². The molecule has 188 valence electrons. The highest BCUT2D eigenvalue weighted by Crippen LogP contribution is 2.40. The second-order valence-electron chi connectivity index (χ2n) is 9.90. The molecule has 1 unspecified atom stereocenters. The largest absolute Gasteiger partial charge is 0.496 e. The van der Waals surface area contributed by atoms with Crippen molar-refractivity contribution in [3.63, 3.8) is 0 Å². The van der Waals surface area contributed by atoms with Crippen molar-refractivity contribution in [2.75, 3.05) is 13.7 Å². The van der Waals surface area contributed by atoms with Crippen LogP contribution in [0.2, 0.25) is 0 Å². The molecule has 7 nitrogen and oxygen atoms in total. The van der Waals surface area contributed by atoms with Crippen LogP contribution in [0.25, 0.3) is 21.8 Å². The van der Waals surface area contributed by atoms with Crippen molar-refractivity contribution in [2.24, 2.45) is 0 Å². The molecule has 2 N–H and O–H groups in total. The molecule has 3 aromatic carbocycles. The number of carboxylic acid groups (broad SMARTS) is 1. The Kier molecular flexibility index (Phi) is 5.93. The first-order valence-electron chi connectivity index (χ1n) is 12.7. The normalized spacial score (nSPS) is 18.4. The first kappa shape index (κ1) is 23.3. The number of fused-ring (bicyclic) bond motifs is 2. The Morgan fingerprint density at radius 3 is 2.73 bits per heavy atom. The van der Waals surface area contributed by atoms with Crippen LogP contribution >= 0.6 is 0 Å². The van der Waals surface area contributed by atoms with Gasteiger partial charge >= 0.3 is 5.97 Å². The predicted molar refractivity (Wildman–Crippen MR) is 144 cm³/mol. The molecule has 37 heavy (non-hydrogen) atoms. The highest BCUT2D eigenvalue weighted by atomic mass is 16.5. The first-order chi connectivity index (χ1) is 18.0. The number of benzene rings is 3. The quantitative estimate of drug-likeness (QED) is 0.298. The van der Waals surface area contributed by atoms with Gasteiger partial charge in [-0.2, -0.15) is 5.10 Å². The number of aromatic nitrogens is 3. The lowest BCUT2D eigenvalue weighted by molar-refractivity contribution is 0.0696. The van der Waals surface area contributed by atoms with Crippen LogP contribution in [0.5, 0.6) is 5.75 Å². The SMILES string of the molecule is COc1cc(C)c2[nH]ccc2c1CN1CCC(n2cc3ccccc3n2)C[C@H]1c1ccc(C(=O)O)cc1. The van der Waals surface area contributed by atoms with E-state index in [1.165, 1.54) is 10.9 Å². The number of carbonyl (C=O) groups is 1. The minimum absolute atomic E-state index is 0.105. The zero-order chi connectivity index (χ0) is 25.5. The van der Waals surface area contributed by atoms with Crippen molar-refractivity contribution >= 4 is 27.8 Å². The number of aromatic amines is 1. The van der Waals surface area contributed by atoms with E-state index in [1.54, 1.807) is 19.2 Å². The second-order valence-corrected chi connectivity index (χ2v) is 9.90. The molecule has 1 fully saturated rings. The maximum absolute atomic E-state index is 11.5. The van der Waals surface area contributed by atoms with Crippen LogP contribution < -0.4 is 4.74 Å². The number of ether oxygens (including phenoxy) is 1. The van der Waals surface area contributed by atoms with Gasteiger partial charge < -0.3 is 14.8 Å². The number of piperidine rings is 1. The summed E-state index contributed by atoms with van der Waals surface area (Å²) in [5.74, 6) is -0.0163. The number of aryl methyl sites for hydroxylation is 1. The Balaban J connectivity index is 1.37. The molecule has 5 aromatic rings. The summed E-state index contributed by atoms with van der Waals surface area (Å²) in [6.45, 7) is 3.71. The van der Waals surface area contributed by atoms with E-state index in [1.807, 2.05) is 30.5 Å². The van der Waals surface area contributed by atoms with Crippen molar-refractivity contribution in [1.82, 2.24) is 19.7 Å². The standard InChI is InChI=1S/C30H30N4O3/c1-19-15-28(37-2)25(24-11-13-31-29(19)24)18-33-14-12-23(34-17-22-5-3-4-6-26(22)32-34)16-27(33)20-7-9-21(10-8-20)30(35)36/h3-11,13,15,17,23,27,31H,12,14,16,18H2,1-2H3,(H,35,36)/t23?,27-/m0/s1. The fourth-order valence-electron chi connectivity index (χ4n) is 5.77. The minimum Gasteiger partial charge on any atom is -0.496 e. The predicted octanol–water partition coefficient (Wildman–Crippen LogP) is 6.11. The third-order valence-corrected chi connectivity index (χ3v) is 7.73. The number of aromatic carboxylic acids is 1. The molecule has 0 bridgehead atoms. The zero-order valence-electron chi connectivity index (χ0n) is 21.0. The van der Waals surface area contributed by atoms with Crippen LogP contribution in [0.4, 0.5) is 0 Å². The molecule has 2 aromatic heterocycles. The van der Waals surface area contributed by atoms with Crippen molar-refractivity contribution in [2.45, 2.75) is 38.4 Å². The zero-order valence-corrected chi connectivity index (χ0v) is 21.0. The molecule has 1 aliphatic rings. The molecule has 1 aliphatic heterocycles. The highest BCUT2D eigenvalue weighted by molar-refractivity contribution is 5.88. The summed E-state index contributed by atoms with van der Waals surface area (Å²) in [4.78, 5) is 17.3.